The Morgan fingerprint density at radius 2 is 1.93 bits per heavy atom. The average molecular weight is 404 g/mol. The van der Waals surface area contributed by atoms with Crippen LogP contribution in [-0.4, -0.2) is 66.7 Å². The first-order valence-corrected chi connectivity index (χ1v) is 10.5. The number of nitrogens with zero attached hydrogens (tertiary/aromatic N) is 6. The number of likely N-dealkylation sites (tertiary alicyclic amines) is 1. The Hall–Kier alpha value is -3.04. The third-order valence-electron chi connectivity index (χ3n) is 6.31. The molecule has 2 fully saturated rings. The summed E-state index contributed by atoms with van der Waals surface area (Å²) in [7, 11) is 0. The van der Waals surface area contributed by atoms with E-state index in [0.29, 0.717) is 24.3 Å². The van der Waals surface area contributed by atoms with E-state index in [1.807, 2.05) is 0 Å². The van der Waals surface area contributed by atoms with Crippen molar-refractivity contribution in [2.45, 2.75) is 31.5 Å². The summed E-state index contributed by atoms with van der Waals surface area (Å²) in [5, 5.41) is 3.44. The van der Waals surface area contributed by atoms with E-state index in [2.05, 4.69) is 59.0 Å². The molecule has 3 aromatic heterocycles. The Morgan fingerprint density at radius 1 is 1.07 bits per heavy atom. The minimum absolute atomic E-state index is 0.448. The molecule has 5 heterocycles. The van der Waals surface area contributed by atoms with E-state index in [1.165, 1.54) is 11.8 Å². The van der Waals surface area contributed by atoms with Crippen LogP contribution in [0.25, 0.3) is 22.2 Å². The van der Waals surface area contributed by atoms with E-state index in [4.69, 9.17) is 9.72 Å². The number of H-pyrrole nitrogens is 1. The van der Waals surface area contributed by atoms with Crippen molar-refractivity contribution in [3.05, 3.63) is 42.7 Å². The summed E-state index contributed by atoms with van der Waals surface area (Å²) in [5.74, 6) is 1.78. The summed E-state index contributed by atoms with van der Waals surface area (Å²) in [6.07, 6.45) is 5.43. The van der Waals surface area contributed by atoms with Crippen LogP contribution in [0, 0.1) is 0 Å². The number of piperidine rings is 1. The zero-order valence-corrected chi connectivity index (χ0v) is 16.7. The van der Waals surface area contributed by atoms with Crippen molar-refractivity contribution in [2.75, 3.05) is 31.6 Å². The highest BCUT2D eigenvalue weighted by molar-refractivity contribution is 5.82. The molecule has 30 heavy (non-hydrogen) atoms. The smallest absolute Gasteiger partial charge is 0.182 e. The lowest BCUT2D eigenvalue weighted by Gasteiger charge is -2.42. The molecule has 2 N–H and O–H groups in total. The van der Waals surface area contributed by atoms with Gasteiger partial charge in [0.2, 0.25) is 0 Å². The average Bonchev–Trinajstić information content (AvgIpc) is 3.36. The van der Waals surface area contributed by atoms with Crippen LogP contribution in [0.4, 0.5) is 5.82 Å². The minimum atomic E-state index is 0.448. The molecule has 2 aliphatic heterocycles. The summed E-state index contributed by atoms with van der Waals surface area (Å²) in [4.78, 5) is 23.4. The minimum Gasteiger partial charge on any atom is -0.378 e. The maximum Gasteiger partial charge on any atom is 0.182 e. The number of fused-ring (bicyclic) bond motifs is 2. The number of hydrogen-bond acceptors (Lipinski definition) is 7. The maximum atomic E-state index is 5.38. The number of nitrogens with one attached hydrogen (secondary N) is 2. The molecule has 0 amide bonds. The number of aromatic nitrogens is 6. The van der Waals surface area contributed by atoms with Gasteiger partial charge in [-0.25, -0.2) is 19.9 Å². The number of rotatable bonds is 5. The van der Waals surface area contributed by atoms with Crippen LogP contribution in [0.3, 0.4) is 0 Å². The first-order valence-electron chi connectivity index (χ1n) is 10.5. The van der Waals surface area contributed by atoms with E-state index >= 15 is 0 Å². The predicted octanol–water partition coefficient (Wildman–Crippen LogP) is 2.35. The topological polar surface area (TPSA) is 96.8 Å². The van der Waals surface area contributed by atoms with Crippen LogP contribution < -0.4 is 5.32 Å². The van der Waals surface area contributed by atoms with Gasteiger partial charge in [0.25, 0.3) is 0 Å². The summed E-state index contributed by atoms with van der Waals surface area (Å²) in [5.41, 5.74) is 3.72. The van der Waals surface area contributed by atoms with Crippen molar-refractivity contribution >= 4 is 28.0 Å². The fourth-order valence-corrected chi connectivity index (χ4v) is 4.63. The van der Waals surface area contributed by atoms with E-state index in [9.17, 15) is 0 Å². The quantitative estimate of drug-likeness (QED) is 0.527. The number of aromatic amines is 1. The van der Waals surface area contributed by atoms with Crippen LogP contribution in [0.15, 0.2) is 36.9 Å². The van der Waals surface area contributed by atoms with Gasteiger partial charge < -0.3 is 19.6 Å². The first-order chi connectivity index (χ1) is 14.9. The summed E-state index contributed by atoms with van der Waals surface area (Å²) < 4.78 is 7.81. The number of hydrogen-bond donors (Lipinski definition) is 2. The highest BCUT2D eigenvalue weighted by Crippen LogP contribution is 2.31. The van der Waals surface area contributed by atoms with Gasteiger partial charge in [0.15, 0.2) is 11.5 Å². The summed E-state index contributed by atoms with van der Waals surface area (Å²) >= 11 is 0. The van der Waals surface area contributed by atoms with Crippen LogP contribution in [0.1, 0.15) is 24.7 Å². The number of para-hydroxylation sites is 2. The van der Waals surface area contributed by atoms with Crippen molar-refractivity contribution < 1.29 is 4.74 Å². The Bertz CT molecular complexity index is 1170. The predicted molar refractivity (Wildman–Crippen MR) is 113 cm³/mol. The highest BCUT2D eigenvalue weighted by atomic mass is 16.5. The van der Waals surface area contributed by atoms with Crippen molar-refractivity contribution in [3.63, 3.8) is 0 Å². The lowest BCUT2D eigenvalue weighted by molar-refractivity contribution is -0.0730. The van der Waals surface area contributed by atoms with Crippen LogP contribution in [0.2, 0.25) is 0 Å². The van der Waals surface area contributed by atoms with Gasteiger partial charge in [-0.3, -0.25) is 4.90 Å². The van der Waals surface area contributed by atoms with Crippen LogP contribution >= 0.6 is 0 Å². The molecule has 0 aliphatic carbocycles. The molecule has 6 rings (SSSR count). The highest BCUT2D eigenvalue weighted by Gasteiger charge is 2.31. The number of imidazole rings is 2. The van der Waals surface area contributed by atoms with Crippen molar-refractivity contribution in [2.24, 2.45) is 0 Å². The van der Waals surface area contributed by atoms with Gasteiger partial charge in [-0.2, -0.15) is 0 Å². The second kappa shape index (κ2) is 7.33. The fraction of sp³-hybridized carbons (Fsp3) is 0.429. The van der Waals surface area contributed by atoms with Gasteiger partial charge >= 0.3 is 0 Å². The second-order valence-electron chi connectivity index (χ2n) is 8.02. The number of ether oxygens (including phenoxy) is 1. The van der Waals surface area contributed by atoms with Crippen molar-refractivity contribution in [1.82, 2.24) is 34.4 Å². The number of anilines is 1. The molecule has 0 saturated carbocycles. The molecular weight excluding hydrogens is 380 g/mol. The molecule has 4 aromatic rings. The van der Waals surface area contributed by atoms with E-state index in [-0.39, 0.29) is 0 Å². The fourth-order valence-electron chi connectivity index (χ4n) is 4.63. The first kappa shape index (κ1) is 17.8. The molecule has 2 saturated heterocycles. The Morgan fingerprint density at radius 3 is 2.77 bits per heavy atom. The zero-order chi connectivity index (χ0) is 19.9. The standard InChI is InChI=1S/C21H24N8O/c1-2-4-17-16(3-1)27-18(9-22-20-19-21(24-12-23-19)26-13-25-20)29(17)14-5-7-28(8-6-14)15-10-30-11-15/h1-4,12-15H,5-11H2,(H2,22,23,24,25,26). The van der Waals surface area contributed by atoms with Gasteiger partial charge in [-0.1, -0.05) is 12.1 Å². The largest absolute Gasteiger partial charge is 0.378 e. The molecule has 154 valence electrons. The molecule has 0 bridgehead atoms. The lowest BCUT2D eigenvalue weighted by atomic mass is 10.0. The molecule has 2 aliphatic rings. The lowest BCUT2D eigenvalue weighted by Crippen LogP contribution is -2.51. The molecular formula is C21H24N8O. The van der Waals surface area contributed by atoms with Gasteiger partial charge in [0.05, 0.1) is 43.2 Å². The molecule has 9 nitrogen and oxygen atoms in total. The number of benzene rings is 1. The second-order valence-corrected chi connectivity index (χ2v) is 8.02. The van der Waals surface area contributed by atoms with Crippen LogP contribution in [-0.2, 0) is 11.3 Å². The van der Waals surface area contributed by atoms with E-state index in [1.54, 1.807) is 6.33 Å². The van der Waals surface area contributed by atoms with Gasteiger partial charge in [0.1, 0.15) is 17.7 Å². The van der Waals surface area contributed by atoms with Crippen molar-refractivity contribution in [3.8, 4) is 0 Å². The van der Waals surface area contributed by atoms with E-state index in [0.717, 1.165) is 61.8 Å². The van der Waals surface area contributed by atoms with Gasteiger partial charge in [-0.15, -0.1) is 0 Å². The summed E-state index contributed by atoms with van der Waals surface area (Å²) in [6.45, 7) is 4.58. The normalized spacial score (nSPS) is 18.8. The van der Waals surface area contributed by atoms with E-state index < -0.39 is 0 Å². The zero-order valence-electron chi connectivity index (χ0n) is 16.7. The third kappa shape index (κ3) is 3.01. The monoisotopic (exact) mass is 404 g/mol. The Labute approximate surface area is 173 Å². The molecule has 0 radical (unpaired) electrons. The third-order valence-corrected chi connectivity index (χ3v) is 6.31. The van der Waals surface area contributed by atoms with Gasteiger partial charge in [-0.05, 0) is 25.0 Å². The maximum absolute atomic E-state index is 5.38. The molecule has 0 spiro atoms. The SMILES string of the molecule is c1ccc2c(c1)nc(CNc1ncnc3nc[nH]c13)n2C1CCN(C2COC2)CC1. The molecule has 0 unspecified atom stereocenters. The van der Waals surface area contributed by atoms with Crippen LogP contribution in [0.5, 0.6) is 0 Å². The molecule has 9 heteroatoms. The van der Waals surface area contributed by atoms with Gasteiger partial charge in [0, 0.05) is 19.1 Å². The molecule has 1 aromatic carbocycles. The summed E-state index contributed by atoms with van der Waals surface area (Å²) in [6, 6.07) is 9.47. The van der Waals surface area contributed by atoms with Crippen molar-refractivity contribution in [1.29, 1.82) is 0 Å². The Kier molecular flexibility index (Phi) is 4.35. The molecule has 0 atom stereocenters. The Balaban J connectivity index is 1.28.